The molecule has 4 nitrogen and oxygen atoms in total. The molecule has 0 saturated carbocycles. The van der Waals surface area contributed by atoms with Gasteiger partial charge in [-0.05, 0) is 13.3 Å². The second-order valence-corrected chi connectivity index (χ2v) is 4.03. The molecule has 1 aliphatic rings. The molecule has 0 aromatic carbocycles. The van der Waals surface area contributed by atoms with Crippen LogP contribution in [-0.4, -0.2) is 44.8 Å². The molecule has 1 aliphatic heterocycles. The Labute approximate surface area is 84.2 Å². The third kappa shape index (κ3) is 2.13. The molecule has 0 amide bonds. The molecule has 14 heavy (non-hydrogen) atoms. The average molecular weight is 195 g/mol. The van der Waals surface area contributed by atoms with Crippen molar-refractivity contribution < 1.29 is 5.11 Å². The Bertz CT molecular complexity index is 273. The van der Waals surface area contributed by atoms with Gasteiger partial charge in [-0.3, -0.25) is 4.90 Å². The fraction of sp³-hybridized carbons (Fsp3) is 0.700. The maximum atomic E-state index is 9.47. The Morgan fingerprint density at radius 1 is 1.50 bits per heavy atom. The van der Waals surface area contributed by atoms with E-state index >= 15 is 0 Å². The number of likely N-dealkylation sites (tertiary alicyclic amines) is 1. The van der Waals surface area contributed by atoms with Gasteiger partial charge < -0.3 is 9.67 Å². The van der Waals surface area contributed by atoms with E-state index in [1.807, 2.05) is 12.5 Å². The van der Waals surface area contributed by atoms with E-state index < -0.39 is 0 Å². The molecule has 0 aliphatic carbocycles. The number of hydrogen-bond donors (Lipinski definition) is 1. The summed E-state index contributed by atoms with van der Waals surface area (Å²) in [5.41, 5.74) is 0. The van der Waals surface area contributed by atoms with E-state index in [0.29, 0.717) is 6.04 Å². The fourth-order valence-electron chi connectivity index (χ4n) is 2.04. The van der Waals surface area contributed by atoms with Crippen molar-refractivity contribution in [3.8, 4) is 0 Å². The lowest BCUT2D eigenvalue weighted by molar-refractivity contribution is 0.173. The van der Waals surface area contributed by atoms with Gasteiger partial charge in [0.05, 0.1) is 12.4 Å². The van der Waals surface area contributed by atoms with Gasteiger partial charge in [0.2, 0.25) is 0 Å². The fourth-order valence-corrected chi connectivity index (χ4v) is 2.04. The number of hydrogen-bond acceptors (Lipinski definition) is 3. The van der Waals surface area contributed by atoms with Crippen LogP contribution in [0, 0.1) is 0 Å². The van der Waals surface area contributed by atoms with E-state index in [2.05, 4.69) is 21.4 Å². The highest BCUT2D eigenvalue weighted by molar-refractivity contribution is 4.82. The zero-order valence-corrected chi connectivity index (χ0v) is 8.50. The first kappa shape index (κ1) is 9.68. The summed E-state index contributed by atoms with van der Waals surface area (Å²) in [5, 5.41) is 9.47. The normalized spacial score (nSPS) is 28.4. The van der Waals surface area contributed by atoms with Crippen molar-refractivity contribution in [1.82, 2.24) is 14.5 Å². The molecule has 1 aromatic heterocycles. The van der Waals surface area contributed by atoms with E-state index in [9.17, 15) is 5.11 Å². The SMILES string of the molecule is CC1CC(O)CN1CCn1ccnc1. The van der Waals surface area contributed by atoms with Gasteiger partial charge in [-0.15, -0.1) is 0 Å². The van der Waals surface area contributed by atoms with Crippen LogP contribution in [0.5, 0.6) is 0 Å². The number of aliphatic hydroxyl groups excluding tert-OH is 1. The summed E-state index contributed by atoms with van der Waals surface area (Å²) in [6.45, 7) is 4.94. The van der Waals surface area contributed by atoms with E-state index in [1.165, 1.54) is 0 Å². The van der Waals surface area contributed by atoms with Gasteiger partial charge in [-0.2, -0.15) is 0 Å². The third-order valence-corrected chi connectivity index (χ3v) is 2.89. The molecule has 0 bridgehead atoms. The average Bonchev–Trinajstić information content (AvgIpc) is 2.72. The van der Waals surface area contributed by atoms with Crippen LogP contribution in [0.15, 0.2) is 18.7 Å². The first-order valence-corrected chi connectivity index (χ1v) is 5.13. The van der Waals surface area contributed by atoms with Crippen LogP contribution in [0.3, 0.4) is 0 Å². The molecule has 2 heterocycles. The van der Waals surface area contributed by atoms with Crippen LogP contribution in [0.4, 0.5) is 0 Å². The van der Waals surface area contributed by atoms with Crippen molar-refractivity contribution in [3.63, 3.8) is 0 Å². The number of rotatable bonds is 3. The molecule has 2 atom stereocenters. The number of aliphatic hydroxyl groups is 1. The van der Waals surface area contributed by atoms with Crippen molar-refractivity contribution in [2.24, 2.45) is 0 Å². The second-order valence-electron chi connectivity index (χ2n) is 4.03. The van der Waals surface area contributed by atoms with Crippen LogP contribution in [0.1, 0.15) is 13.3 Å². The highest BCUT2D eigenvalue weighted by Crippen LogP contribution is 2.16. The minimum atomic E-state index is -0.132. The Morgan fingerprint density at radius 2 is 2.36 bits per heavy atom. The summed E-state index contributed by atoms with van der Waals surface area (Å²) < 4.78 is 2.07. The second kappa shape index (κ2) is 4.11. The van der Waals surface area contributed by atoms with Gasteiger partial charge in [0.1, 0.15) is 0 Å². The maximum Gasteiger partial charge on any atom is 0.0946 e. The number of imidazole rings is 1. The quantitative estimate of drug-likeness (QED) is 0.756. The standard InChI is InChI=1S/C10H17N3O/c1-9-6-10(14)7-13(9)5-4-12-3-2-11-8-12/h2-3,8-10,14H,4-7H2,1H3. The van der Waals surface area contributed by atoms with Crippen LogP contribution < -0.4 is 0 Å². The molecule has 0 spiro atoms. The van der Waals surface area contributed by atoms with E-state index in [-0.39, 0.29) is 6.10 Å². The van der Waals surface area contributed by atoms with Crippen molar-refractivity contribution in [2.75, 3.05) is 13.1 Å². The maximum absolute atomic E-state index is 9.47. The van der Waals surface area contributed by atoms with Gasteiger partial charge in [0, 0.05) is 38.1 Å². The molecule has 2 unspecified atom stereocenters. The van der Waals surface area contributed by atoms with Crippen molar-refractivity contribution in [2.45, 2.75) is 32.0 Å². The smallest absolute Gasteiger partial charge is 0.0946 e. The molecule has 78 valence electrons. The van der Waals surface area contributed by atoms with Gasteiger partial charge >= 0.3 is 0 Å². The summed E-state index contributed by atoms with van der Waals surface area (Å²) in [7, 11) is 0. The Hall–Kier alpha value is -0.870. The molecule has 2 rings (SSSR count). The zero-order valence-electron chi connectivity index (χ0n) is 8.50. The van der Waals surface area contributed by atoms with Gasteiger partial charge in [-0.1, -0.05) is 0 Å². The number of β-amino-alcohol motifs (C(OH)–C–C–N with tert-alkyl or cyclic N) is 1. The van der Waals surface area contributed by atoms with E-state index in [1.54, 1.807) is 6.20 Å². The molecule has 1 fully saturated rings. The highest BCUT2D eigenvalue weighted by atomic mass is 16.3. The molecule has 1 saturated heterocycles. The molecule has 1 aromatic rings. The van der Waals surface area contributed by atoms with Crippen LogP contribution in [0.25, 0.3) is 0 Å². The summed E-state index contributed by atoms with van der Waals surface area (Å²) in [5.74, 6) is 0. The van der Waals surface area contributed by atoms with Crippen molar-refractivity contribution >= 4 is 0 Å². The minimum absolute atomic E-state index is 0.132. The minimum Gasteiger partial charge on any atom is -0.392 e. The molecule has 1 N–H and O–H groups in total. The topological polar surface area (TPSA) is 41.3 Å². The lowest BCUT2D eigenvalue weighted by atomic mass is 10.2. The summed E-state index contributed by atoms with van der Waals surface area (Å²) >= 11 is 0. The lowest BCUT2D eigenvalue weighted by Crippen LogP contribution is -2.30. The van der Waals surface area contributed by atoms with Crippen LogP contribution in [-0.2, 0) is 6.54 Å². The predicted octanol–water partition coefficient (Wildman–Crippen LogP) is 0.338. The van der Waals surface area contributed by atoms with Crippen LogP contribution in [0.2, 0.25) is 0 Å². The summed E-state index contributed by atoms with van der Waals surface area (Å²) in [4.78, 5) is 6.32. The summed E-state index contributed by atoms with van der Waals surface area (Å²) in [6.07, 6.45) is 6.37. The Balaban J connectivity index is 1.81. The van der Waals surface area contributed by atoms with Crippen molar-refractivity contribution in [3.05, 3.63) is 18.7 Å². The largest absolute Gasteiger partial charge is 0.392 e. The highest BCUT2D eigenvalue weighted by Gasteiger charge is 2.26. The van der Waals surface area contributed by atoms with Gasteiger partial charge in [-0.25, -0.2) is 4.98 Å². The zero-order chi connectivity index (χ0) is 9.97. The molecule has 4 heteroatoms. The van der Waals surface area contributed by atoms with Crippen molar-refractivity contribution in [1.29, 1.82) is 0 Å². The molecular weight excluding hydrogens is 178 g/mol. The summed E-state index contributed by atoms with van der Waals surface area (Å²) in [6, 6.07) is 0.508. The monoisotopic (exact) mass is 195 g/mol. The van der Waals surface area contributed by atoms with E-state index in [4.69, 9.17) is 0 Å². The molecule has 0 radical (unpaired) electrons. The lowest BCUT2D eigenvalue weighted by Gasteiger charge is -2.20. The Kier molecular flexibility index (Phi) is 2.84. The predicted molar refractivity (Wildman–Crippen MR) is 53.9 cm³/mol. The van der Waals surface area contributed by atoms with Crippen LogP contribution >= 0.6 is 0 Å². The first-order valence-electron chi connectivity index (χ1n) is 5.13. The number of aromatic nitrogens is 2. The number of nitrogens with zero attached hydrogens (tertiary/aromatic N) is 3. The van der Waals surface area contributed by atoms with Gasteiger partial charge in [0.15, 0.2) is 0 Å². The van der Waals surface area contributed by atoms with E-state index in [0.717, 1.165) is 26.1 Å². The third-order valence-electron chi connectivity index (χ3n) is 2.89. The first-order chi connectivity index (χ1) is 6.75. The molecular formula is C10H17N3O. The Morgan fingerprint density at radius 3 is 2.93 bits per heavy atom. The van der Waals surface area contributed by atoms with Gasteiger partial charge in [0.25, 0.3) is 0 Å².